The Morgan fingerprint density at radius 2 is 1.68 bits per heavy atom. The average Bonchev–Trinajstić information content (AvgIpc) is 3.99. The molecule has 0 unspecified atom stereocenters. The van der Waals surface area contributed by atoms with Crippen LogP contribution < -0.4 is 9.46 Å². The van der Waals surface area contributed by atoms with Gasteiger partial charge < -0.3 is 18.9 Å². The number of hydrogen-bond acceptors (Lipinski definition) is 6. The van der Waals surface area contributed by atoms with Crippen molar-refractivity contribution in [3.05, 3.63) is 53.6 Å². The molecular formula is C34H41N3O6S. The van der Waals surface area contributed by atoms with Crippen molar-refractivity contribution in [2.45, 2.75) is 75.5 Å². The quantitative estimate of drug-likeness (QED) is 0.352. The van der Waals surface area contributed by atoms with E-state index in [-0.39, 0.29) is 5.91 Å². The summed E-state index contributed by atoms with van der Waals surface area (Å²) in [6, 6.07) is 13.7. The number of morpholine rings is 1. The van der Waals surface area contributed by atoms with Crippen LogP contribution in [-0.2, 0) is 26.1 Å². The van der Waals surface area contributed by atoms with Crippen LogP contribution in [0.2, 0.25) is 0 Å². The zero-order chi connectivity index (χ0) is 30.5. The fourth-order valence-corrected chi connectivity index (χ4v) is 8.49. The molecule has 3 aliphatic carbocycles. The summed E-state index contributed by atoms with van der Waals surface area (Å²) in [5, 5.41) is 0.582. The van der Waals surface area contributed by atoms with Gasteiger partial charge in [0, 0.05) is 36.1 Å². The van der Waals surface area contributed by atoms with E-state index in [1.807, 2.05) is 29.2 Å². The van der Waals surface area contributed by atoms with Crippen LogP contribution in [0.4, 0.5) is 0 Å². The molecule has 0 atom stereocenters. The van der Waals surface area contributed by atoms with Crippen LogP contribution in [0.25, 0.3) is 22.2 Å². The molecule has 3 saturated carbocycles. The lowest BCUT2D eigenvalue weighted by molar-refractivity contribution is -0.141. The fraction of sp³-hybridized carbons (Fsp3) is 0.529. The number of sulfonamides is 1. The minimum atomic E-state index is -3.69. The van der Waals surface area contributed by atoms with Gasteiger partial charge in [-0.15, -0.1) is 0 Å². The Morgan fingerprint density at radius 1 is 0.977 bits per heavy atom. The Balaban J connectivity index is 1.38. The first kappa shape index (κ1) is 29.3. The highest BCUT2D eigenvalue weighted by molar-refractivity contribution is 7.91. The Kier molecular flexibility index (Phi) is 7.69. The summed E-state index contributed by atoms with van der Waals surface area (Å²) >= 11 is 0. The molecule has 234 valence electrons. The maximum atomic E-state index is 14.0. The third kappa shape index (κ3) is 5.51. The van der Waals surface area contributed by atoms with Gasteiger partial charge in [0.05, 0.1) is 36.7 Å². The van der Waals surface area contributed by atoms with E-state index in [0.29, 0.717) is 57.2 Å². The highest BCUT2D eigenvalue weighted by Gasteiger charge is 2.52. The first-order valence-electron chi connectivity index (χ1n) is 16.0. The second-order valence-electron chi connectivity index (χ2n) is 13.0. The van der Waals surface area contributed by atoms with Crippen molar-refractivity contribution in [3.8, 4) is 17.0 Å². The fourth-order valence-electron chi connectivity index (χ4n) is 7.19. The van der Waals surface area contributed by atoms with E-state index < -0.39 is 26.6 Å². The second-order valence-corrected chi connectivity index (χ2v) is 15.0. The van der Waals surface area contributed by atoms with Gasteiger partial charge in [0.25, 0.3) is 5.91 Å². The number of ether oxygens (including phenoxy) is 2. The molecule has 1 saturated heterocycles. The molecular weight excluding hydrogens is 578 g/mol. The lowest BCUT2D eigenvalue weighted by atomic mass is 9.81. The molecule has 2 heterocycles. The van der Waals surface area contributed by atoms with Crippen molar-refractivity contribution in [2.24, 2.45) is 5.41 Å². The Hall–Kier alpha value is -3.37. The van der Waals surface area contributed by atoms with E-state index in [4.69, 9.17) is 9.47 Å². The average molecular weight is 620 g/mol. The molecule has 1 N–H and O–H groups in total. The summed E-state index contributed by atoms with van der Waals surface area (Å²) in [5.41, 5.74) is 4.05. The maximum Gasteiger partial charge on any atom is 0.264 e. The zero-order valence-corrected chi connectivity index (χ0v) is 26.2. The number of hydrogen-bond donors (Lipinski definition) is 1. The van der Waals surface area contributed by atoms with Crippen LogP contribution in [0.3, 0.4) is 0 Å². The smallest absolute Gasteiger partial charge is 0.264 e. The molecule has 1 aliphatic heterocycles. The number of fused-ring (bicyclic) bond motifs is 1. The van der Waals surface area contributed by atoms with Gasteiger partial charge in [-0.3, -0.25) is 9.59 Å². The van der Waals surface area contributed by atoms with Crippen LogP contribution >= 0.6 is 0 Å². The van der Waals surface area contributed by atoms with Crippen molar-refractivity contribution in [2.75, 3.05) is 33.4 Å². The minimum Gasteiger partial charge on any atom is -0.497 e. The first-order valence-corrected chi connectivity index (χ1v) is 17.6. The number of amides is 2. The van der Waals surface area contributed by atoms with Crippen LogP contribution in [0, 0.1) is 5.41 Å². The highest BCUT2D eigenvalue weighted by Crippen LogP contribution is 2.52. The van der Waals surface area contributed by atoms with Crippen LogP contribution in [0.1, 0.15) is 79.6 Å². The standard InChI is InChI=1S/C34H41N3O6S/c1-42-26-10-7-24(8-11-26)31-30(23-5-3-2-4-6-23)28-14-9-25(32(38)35-44(40,41)27-12-13-27)21-29(28)37(31)22-34(15-16-34)33(39)36-17-19-43-20-18-36/h7-11,14,21,23,27H,2-6,12-13,15-20,22H2,1H3,(H,35,38). The van der Waals surface area contributed by atoms with Gasteiger partial charge in [0.2, 0.25) is 15.9 Å². The lowest BCUT2D eigenvalue weighted by Crippen LogP contribution is -2.45. The normalized spacial score (nSPS) is 20.4. The monoisotopic (exact) mass is 619 g/mol. The predicted molar refractivity (Wildman–Crippen MR) is 168 cm³/mol. The summed E-state index contributed by atoms with van der Waals surface area (Å²) in [5.74, 6) is 0.687. The Bertz CT molecular complexity index is 1680. The minimum absolute atomic E-state index is 0.173. The van der Waals surface area contributed by atoms with E-state index >= 15 is 0 Å². The highest BCUT2D eigenvalue weighted by atomic mass is 32.2. The van der Waals surface area contributed by atoms with Gasteiger partial charge in [0.1, 0.15) is 5.75 Å². The number of carbonyl (C=O) groups is 2. The zero-order valence-electron chi connectivity index (χ0n) is 25.3. The number of carbonyl (C=O) groups excluding carboxylic acids is 2. The third-order valence-corrected chi connectivity index (χ3v) is 11.8. The van der Waals surface area contributed by atoms with Crippen molar-refractivity contribution >= 4 is 32.7 Å². The predicted octanol–water partition coefficient (Wildman–Crippen LogP) is 5.23. The molecule has 4 fully saturated rings. The summed E-state index contributed by atoms with van der Waals surface area (Å²) in [6.45, 7) is 2.81. The topological polar surface area (TPSA) is 107 Å². The van der Waals surface area contributed by atoms with Gasteiger partial charge in [-0.25, -0.2) is 13.1 Å². The van der Waals surface area contributed by atoms with E-state index in [1.54, 1.807) is 13.2 Å². The third-order valence-electron chi connectivity index (χ3n) is 10.0. The summed E-state index contributed by atoms with van der Waals surface area (Å²) < 4.78 is 40.8. The molecule has 10 heteroatoms. The van der Waals surface area contributed by atoms with E-state index in [9.17, 15) is 18.0 Å². The molecule has 2 aromatic carbocycles. The molecule has 7 rings (SSSR count). The van der Waals surface area contributed by atoms with Gasteiger partial charge in [-0.05, 0) is 92.0 Å². The van der Waals surface area contributed by atoms with E-state index in [0.717, 1.165) is 53.6 Å². The number of nitrogens with one attached hydrogen (secondary N) is 1. The number of aromatic nitrogens is 1. The van der Waals surface area contributed by atoms with Crippen LogP contribution in [-0.4, -0.2) is 68.4 Å². The molecule has 1 aromatic heterocycles. The number of rotatable bonds is 9. The van der Waals surface area contributed by atoms with Gasteiger partial charge in [-0.2, -0.15) is 0 Å². The summed E-state index contributed by atoms with van der Waals surface area (Å²) in [4.78, 5) is 29.2. The van der Waals surface area contributed by atoms with Crippen molar-refractivity contribution in [3.63, 3.8) is 0 Å². The SMILES string of the molecule is COc1ccc(-c2c(C3CCCCC3)c3ccc(C(=O)NS(=O)(=O)C4CC4)cc3n2CC2(C(=O)N3CCOCC3)CC2)cc1. The molecule has 0 radical (unpaired) electrons. The first-order chi connectivity index (χ1) is 21.3. The molecule has 0 spiro atoms. The summed E-state index contributed by atoms with van der Waals surface area (Å²) in [6.07, 6.45) is 8.51. The largest absolute Gasteiger partial charge is 0.497 e. The van der Waals surface area contributed by atoms with E-state index in [1.165, 1.54) is 24.8 Å². The molecule has 2 amide bonds. The molecule has 44 heavy (non-hydrogen) atoms. The lowest BCUT2D eigenvalue weighted by Gasteiger charge is -2.31. The van der Waals surface area contributed by atoms with Crippen LogP contribution in [0.15, 0.2) is 42.5 Å². The van der Waals surface area contributed by atoms with Crippen molar-refractivity contribution in [1.82, 2.24) is 14.2 Å². The van der Waals surface area contributed by atoms with Crippen molar-refractivity contribution < 1.29 is 27.5 Å². The van der Waals surface area contributed by atoms with Gasteiger partial charge in [-0.1, -0.05) is 25.3 Å². The van der Waals surface area contributed by atoms with Crippen molar-refractivity contribution in [1.29, 1.82) is 0 Å². The van der Waals surface area contributed by atoms with Crippen LogP contribution in [0.5, 0.6) is 5.75 Å². The maximum absolute atomic E-state index is 14.0. The van der Waals surface area contributed by atoms with Gasteiger partial charge >= 0.3 is 0 Å². The molecule has 4 aliphatic rings. The second kappa shape index (κ2) is 11.5. The molecule has 0 bridgehead atoms. The summed E-state index contributed by atoms with van der Waals surface area (Å²) in [7, 11) is -2.03. The van der Waals surface area contributed by atoms with E-state index in [2.05, 4.69) is 21.4 Å². The molecule has 9 nitrogen and oxygen atoms in total. The number of benzene rings is 2. The Morgan fingerprint density at radius 3 is 2.32 bits per heavy atom. The number of nitrogens with zero attached hydrogens (tertiary/aromatic N) is 2. The van der Waals surface area contributed by atoms with Gasteiger partial charge in [0.15, 0.2) is 0 Å². The molecule has 3 aromatic rings. The number of methoxy groups -OCH3 is 1. The Labute approximate surface area is 258 Å².